The molecule has 5 nitrogen and oxygen atoms in total. The normalized spacial score (nSPS) is 11.8. The summed E-state index contributed by atoms with van der Waals surface area (Å²) in [6.07, 6.45) is 3.48. The zero-order chi connectivity index (χ0) is 16.9. The number of anilines is 1. The molecule has 2 amide bonds. The summed E-state index contributed by atoms with van der Waals surface area (Å²) < 4.78 is 15.5. The van der Waals surface area contributed by atoms with Gasteiger partial charge in [0.1, 0.15) is 17.7 Å². The largest absolute Gasteiger partial charge is 0.336 e. The fourth-order valence-electron chi connectivity index (χ4n) is 2.45. The summed E-state index contributed by atoms with van der Waals surface area (Å²) in [5.74, 6) is 0.200. The molecule has 1 aromatic heterocycles. The van der Waals surface area contributed by atoms with Gasteiger partial charge in [-0.15, -0.1) is 0 Å². The Morgan fingerprint density at radius 3 is 2.50 bits per heavy atom. The molecule has 0 spiro atoms. The van der Waals surface area contributed by atoms with E-state index in [9.17, 15) is 9.18 Å². The first-order valence-corrected chi connectivity index (χ1v) is 7.49. The van der Waals surface area contributed by atoms with Gasteiger partial charge in [-0.1, -0.05) is 42.5 Å². The van der Waals surface area contributed by atoms with E-state index in [0.29, 0.717) is 5.82 Å². The number of amides is 2. The van der Waals surface area contributed by atoms with Crippen molar-refractivity contribution in [1.29, 1.82) is 0 Å². The topological polar surface area (TPSA) is 59.0 Å². The van der Waals surface area contributed by atoms with Gasteiger partial charge in [-0.3, -0.25) is 0 Å². The minimum atomic E-state index is -0.503. The van der Waals surface area contributed by atoms with Crippen molar-refractivity contribution < 1.29 is 9.18 Å². The number of hydrogen-bond acceptors (Lipinski definition) is 2. The third kappa shape index (κ3) is 3.43. The van der Waals surface area contributed by atoms with Crippen molar-refractivity contribution in [3.05, 3.63) is 84.2 Å². The zero-order valence-electron chi connectivity index (χ0n) is 13.1. The Kier molecular flexibility index (Phi) is 4.56. The number of nitrogens with one attached hydrogen (secondary N) is 2. The van der Waals surface area contributed by atoms with Crippen molar-refractivity contribution in [2.45, 2.75) is 6.04 Å². The molecule has 122 valence electrons. The standard InChI is InChI=1S/C18H17FN4O/c1-23-12-11-20-17(23)16(13-7-3-2-4-8-13)22-18(24)21-15-10-6-5-9-14(15)19/h2-12,16H,1H3,(H2,21,22,24)/t16-/m1/s1. The predicted octanol–water partition coefficient (Wildman–Crippen LogP) is 3.47. The molecule has 2 aromatic carbocycles. The number of aromatic nitrogens is 2. The minimum Gasteiger partial charge on any atom is -0.336 e. The molecule has 0 fully saturated rings. The van der Waals surface area contributed by atoms with Crippen molar-refractivity contribution in [2.75, 3.05) is 5.32 Å². The first-order chi connectivity index (χ1) is 11.6. The summed E-state index contributed by atoms with van der Waals surface area (Å²) in [5.41, 5.74) is 1.01. The second-order valence-corrected chi connectivity index (χ2v) is 5.32. The Bertz CT molecular complexity index is 832. The highest BCUT2D eigenvalue weighted by Crippen LogP contribution is 2.20. The number of para-hydroxylation sites is 1. The van der Waals surface area contributed by atoms with Crippen LogP contribution in [0.3, 0.4) is 0 Å². The smallest absolute Gasteiger partial charge is 0.320 e. The van der Waals surface area contributed by atoms with E-state index in [1.807, 2.05) is 48.1 Å². The van der Waals surface area contributed by atoms with E-state index >= 15 is 0 Å². The Hall–Kier alpha value is -3.15. The van der Waals surface area contributed by atoms with E-state index in [-0.39, 0.29) is 5.69 Å². The molecule has 0 bridgehead atoms. The molecule has 1 heterocycles. The van der Waals surface area contributed by atoms with Crippen LogP contribution in [-0.4, -0.2) is 15.6 Å². The number of imidazole rings is 1. The Balaban J connectivity index is 1.84. The van der Waals surface area contributed by atoms with Crippen LogP contribution < -0.4 is 10.6 Å². The average molecular weight is 324 g/mol. The molecule has 2 N–H and O–H groups in total. The van der Waals surface area contributed by atoms with Gasteiger partial charge in [-0.2, -0.15) is 0 Å². The van der Waals surface area contributed by atoms with Crippen LogP contribution in [0.5, 0.6) is 0 Å². The number of halogens is 1. The van der Waals surface area contributed by atoms with Crippen molar-refractivity contribution in [1.82, 2.24) is 14.9 Å². The van der Waals surface area contributed by atoms with Gasteiger partial charge in [-0.25, -0.2) is 14.2 Å². The quantitative estimate of drug-likeness (QED) is 0.772. The van der Waals surface area contributed by atoms with Gasteiger partial charge in [0.05, 0.1) is 5.69 Å². The van der Waals surface area contributed by atoms with Crippen molar-refractivity contribution in [3.63, 3.8) is 0 Å². The molecule has 24 heavy (non-hydrogen) atoms. The van der Waals surface area contributed by atoms with Gasteiger partial charge >= 0.3 is 6.03 Å². The first kappa shape index (κ1) is 15.7. The second kappa shape index (κ2) is 6.95. The van der Waals surface area contributed by atoms with Gasteiger partial charge in [0.25, 0.3) is 0 Å². The fourth-order valence-corrected chi connectivity index (χ4v) is 2.45. The highest BCUT2D eigenvalue weighted by Gasteiger charge is 2.20. The van der Waals surface area contributed by atoms with E-state index in [1.165, 1.54) is 12.1 Å². The number of carbonyl (C=O) groups is 1. The number of rotatable bonds is 4. The average Bonchev–Trinajstić information content (AvgIpc) is 3.01. The molecular formula is C18H17FN4O. The lowest BCUT2D eigenvalue weighted by atomic mass is 10.1. The highest BCUT2D eigenvalue weighted by molar-refractivity contribution is 5.89. The van der Waals surface area contributed by atoms with Crippen molar-refractivity contribution in [2.24, 2.45) is 7.05 Å². The number of carbonyl (C=O) groups excluding carboxylic acids is 1. The van der Waals surface area contributed by atoms with Crippen LogP contribution in [0.25, 0.3) is 0 Å². The number of nitrogens with zero attached hydrogens (tertiary/aromatic N) is 2. The van der Waals surface area contributed by atoms with E-state index in [4.69, 9.17) is 0 Å². The molecule has 0 unspecified atom stereocenters. The molecule has 0 aliphatic carbocycles. The monoisotopic (exact) mass is 324 g/mol. The molecule has 0 radical (unpaired) electrons. The first-order valence-electron chi connectivity index (χ1n) is 7.49. The van der Waals surface area contributed by atoms with Crippen LogP contribution in [0.4, 0.5) is 14.9 Å². The fraction of sp³-hybridized carbons (Fsp3) is 0.111. The molecular weight excluding hydrogens is 307 g/mol. The molecule has 0 saturated heterocycles. The maximum absolute atomic E-state index is 13.7. The van der Waals surface area contributed by atoms with Gasteiger partial charge in [-0.05, 0) is 17.7 Å². The SMILES string of the molecule is Cn1ccnc1[C@H](NC(=O)Nc1ccccc1F)c1ccccc1. The van der Waals surface area contributed by atoms with Gasteiger partial charge in [0.15, 0.2) is 0 Å². The molecule has 3 rings (SSSR count). The Labute approximate surface area is 139 Å². The lowest BCUT2D eigenvalue weighted by Crippen LogP contribution is -2.34. The molecule has 3 aromatic rings. The molecule has 1 atom stereocenters. The maximum Gasteiger partial charge on any atom is 0.320 e. The van der Waals surface area contributed by atoms with Gasteiger partial charge < -0.3 is 15.2 Å². The summed E-state index contributed by atoms with van der Waals surface area (Å²) in [4.78, 5) is 16.6. The lowest BCUT2D eigenvalue weighted by molar-refractivity contribution is 0.249. The molecule has 6 heteroatoms. The van der Waals surface area contributed by atoms with Crippen LogP contribution in [0, 0.1) is 5.82 Å². The Morgan fingerprint density at radius 2 is 1.83 bits per heavy atom. The maximum atomic E-state index is 13.7. The predicted molar refractivity (Wildman–Crippen MR) is 90.0 cm³/mol. The van der Waals surface area contributed by atoms with Gasteiger partial charge in [0, 0.05) is 19.4 Å². The van der Waals surface area contributed by atoms with E-state index in [0.717, 1.165) is 5.56 Å². The lowest BCUT2D eigenvalue weighted by Gasteiger charge is -2.19. The van der Waals surface area contributed by atoms with Crippen molar-refractivity contribution >= 4 is 11.7 Å². The third-order valence-corrected chi connectivity index (χ3v) is 3.65. The van der Waals surface area contributed by atoms with Crippen LogP contribution in [-0.2, 0) is 7.05 Å². The van der Waals surface area contributed by atoms with E-state index in [1.54, 1.807) is 18.3 Å². The van der Waals surface area contributed by atoms with Crippen LogP contribution in [0.1, 0.15) is 17.4 Å². The minimum absolute atomic E-state index is 0.127. The number of benzene rings is 2. The summed E-state index contributed by atoms with van der Waals surface area (Å²) in [6, 6.07) is 14.6. The summed E-state index contributed by atoms with van der Waals surface area (Å²) in [5, 5.41) is 5.38. The third-order valence-electron chi connectivity index (χ3n) is 3.65. The number of hydrogen-bond donors (Lipinski definition) is 2. The number of aryl methyl sites for hydroxylation is 1. The second-order valence-electron chi connectivity index (χ2n) is 5.32. The summed E-state index contributed by atoms with van der Waals surface area (Å²) in [7, 11) is 1.86. The molecule has 0 saturated carbocycles. The van der Waals surface area contributed by atoms with Crippen molar-refractivity contribution in [3.8, 4) is 0 Å². The molecule has 0 aliphatic heterocycles. The Morgan fingerprint density at radius 1 is 1.12 bits per heavy atom. The number of urea groups is 1. The van der Waals surface area contributed by atoms with E-state index < -0.39 is 17.9 Å². The zero-order valence-corrected chi connectivity index (χ0v) is 13.1. The van der Waals surface area contributed by atoms with Crippen LogP contribution >= 0.6 is 0 Å². The van der Waals surface area contributed by atoms with Gasteiger partial charge in [0.2, 0.25) is 0 Å². The summed E-state index contributed by atoms with van der Waals surface area (Å²) in [6.45, 7) is 0. The summed E-state index contributed by atoms with van der Waals surface area (Å²) >= 11 is 0. The van der Waals surface area contributed by atoms with Crippen LogP contribution in [0.2, 0.25) is 0 Å². The molecule has 0 aliphatic rings. The highest BCUT2D eigenvalue weighted by atomic mass is 19.1. The van der Waals surface area contributed by atoms with Crippen LogP contribution in [0.15, 0.2) is 67.0 Å². The van der Waals surface area contributed by atoms with E-state index in [2.05, 4.69) is 15.6 Å².